The Kier molecular flexibility index (Phi) is 45.1. The summed E-state index contributed by atoms with van der Waals surface area (Å²) in [5.74, 6) is 4.41. The molecule has 0 aromatic heterocycles. The van der Waals surface area contributed by atoms with Crippen LogP contribution in [0.3, 0.4) is 0 Å². The van der Waals surface area contributed by atoms with Crippen LogP contribution in [0.25, 0.3) is 0 Å². The Labute approximate surface area is 688 Å². The maximum absolute atomic E-state index is 14.4. The SMILES string of the molecule is CC(C)C(=O)OCc1ccc(NC(=O)[C@H](CCCNC(N)=O)NC(=O)[C@@H](NC(=O)[C@@H](CCCCNC(=O)COC2CCCCCC(=NCCN(CC(=O)NCCS(=O)(=O)O)CC(=O)NCCS(=O)(=O)O)C2=NN)NC(=O)CCOCCOCCOCCOCCNC(=O)CCC(=O)N2Cc3ccccc3C#Cc3ccccc32)C(C)C)cc1. The molecule has 11 amide bonds. The first-order valence-electron chi connectivity index (χ1n) is 39.3. The number of ether oxygens (including phenoxy) is 6. The monoisotopic (exact) mass is 1690 g/mol. The maximum atomic E-state index is 14.4. The van der Waals surface area contributed by atoms with Crippen molar-refractivity contribution < 1.29 is 107 Å². The predicted molar refractivity (Wildman–Crippen MR) is 436 cm³/mol. The molecule has 652 valence electrons. The number of carbonyl (C=O) groups excluding carboxylic acids is 11. The van der Waals surface area contributed by atoms with Crippen LogP contribution in [-0.4, -0.2) is 262 Å². The van der Waals surface area contributed by atoms with Gasteiger partial charge in [-0.1, -0.05) is 94.8 Å². The topological polar surface area (TPSA) is 543 Å². The third-order valence-electron chi connectivity index (χ3n) is 18.1. The Morgan fingerprint density at radius 3 is 1.81 bits per heavy atom. The van der Waals surface area contributed by atoms with Gasteiger partial charge in [0.25, 0.3) is 20.2 Å². The normalized spacial score (nSPS) is 14.9. The molecule has 0 radical (unpaired) electrons. The zero-order chi connectivity index (χ0) is 86.3. The van der Waals surface area contributed by atoms with Crippen molar-refractivity contribution in [2.45, 2.75) is 149 Å². The van der Waals surface area contributed by atoms with Gasteiger partial charge in [-0.3, -0.25) is 66.9 Å². The molecule has 0 spiro atoms. The number of esters is 1. The summed E-state index contributed by atoms with van der Waals surface area (Å²) in [6, 6.07) is 17.1. The van der Waals surface area contributed by atoms with Crippen molar-refractivity contribution in [3.05, 3.63) is 95.1 Å². The van der Waals surface area contributed by atoms with Gasteiger partial charge in [-0.2, -0.15) is 21.9 Å². The van der Waals surface area contributed by atoms with E-state index < -0.39 is 142 Å². The number of nitrogens with zero attached hydrogens (tertiary/aromatic N) is 4. The molecule has 0 bridgehead atoms. The van der Waals surface area contributed by atoms with Crippen molar-refractivity contribution in [3.8, 4) is 11.8 Å². The lowest BCUT2D eigenvalue weighted by molar-refractivity contribution is -0.148. The maximum Gasteiger partial charge on any atom is 0.312 e. The molecule has 3 aromatic carbocycles. The van der Waals surface area contributed by atoms with E-state index in [0.717, 1.165) is 23.1 Å². The van der Waals surface area contributed by atoms with Crippen LogP contribution in [0.2, 0.25) is 0 Å². The number of unbranched alkanes of at least 4 members (excludes halogenated alkanes) is 1. The average Bonchev–Trinajstić information content (AvgIpc) is 0.803. The lowest BCUT2D eigenvalue weighted by Gasteiger charge is -2.27. The van der Waals surface area contributed by atoms with Gasteiger partial charge in [0, 0.05) is 75.3 Å². The molecule has 118 heavy (non-hydrogen) atoms. The van der Waals surface area contributed by atoms with Gasteiger partial charge in [0.15, 0.2) is 0 Å². The number of hydrogen-bond acceptors (Lipinski definition) is 25. The first-order chi connectivity index (χ1) is 56.4. The van der Waals surface area contributed by atoms with Crippen molar-refractivity contribution in [1.82, 2.24) is 47.4 Å². The third-order valence-corrected chi connectivity index (χ3v) is 19.5. The van der Waals surface area contributed by atoms with E-state index in [1.807, 2.05) is 48.5 Å². The number of urea groups is 1. The molecule has 1 heterocycles. The second kappa shape index (κ2) is 54.1. The van der Waals surface area contributed by atoms with Gasteiger partial charge in [0.1, 0.15) is 43.2 Å². The van der Waals surface area contributed by atoms with Gasteiger partial charge in [0.05, 0.1) is 108 Å². The summed E-state index contributed by atoms with van der Waals surface area (Å²) >= 11 is 0. The zero-order valence-corrected chi connectivity index (χ0v) is 69.0. The summed E-state index contributed by atoms with van der Waals surface area (Å²) in [6.07, 6.45) is 2.72. The summed E-state index contributed by atoms with van der Waals surface area (Å²) in [7, 11) is -8.79. The highest BCUT2D eigenvalue weighted by molar-refractivity contribution is 7.86. The summed E-state index contributed by atoms with van der Waals surface area (Å²) < 4.78 is 96.9. The molecule has 4 atom stereocenters. The summed E-state index contributed by atoms with van der Waals surface area (Å²) in [6.45, 7) is 6.64. The molecular weight excluding hydrogens is 1580 g/mol. The molecule has 1 saturated carbocycles. The minimum Gasteiger partial charge on any atom is -0.461 e. The molecule has 38 nitrogen and oxygen atoms in total. The molecule has 1 unspecified atom stereocenters. The van der Waals surface area contributed by atoms with Gasteiger partial charge in [-0.25, -0.2) is 4.79 Å². The minimum atomic E-state index is -4.40. The fraction of sp³-hybridized carbons (Fsp3) is 0.577. The number of amides is 11. The van der Waals surface area contributed by atoms with E-state index >= 15 is 0 Å². The number of rotatable bonds is 54. The average molecular weight is 1690 g/mol. The standard InChI is InChI=1S/C78H115N15O23S2/c1-54(2)72(76(102)89-63(20-14-33-86-78(79)104)74(100)87-60-27-23-56(24-28-60)52-116-77(103)55(3)4)90-75(101)62(88-67(95)31-39-111-41-43-113-45-46-114-44-42-112-40-35-83-66(94)29-30-71(99)93-49-59-17-9-8-15-57(59)25-26-58-16-10-11-21-64(58)93)19-12-13-32-82-70(98)53-115-65-22-7-5-6-18-61(73(65)91-80)81-34-38-92(50-68(96)84-36-47-117(105,106)107)51-69(97)85-37-48-118(108,109)110/h8-11,15-17,21,23-24,27-28,54-55,62-63,65,72H,5-7,12-14,18-20,22,29-53,80H2,1-4H3,(H,82,98)(H,83,94)(H,84,96)(H,85,97)(H,87,100)(H,88,95)(H,89,102)(H,90,101)(H3,79,86,104)(H,105,106,107)(H,108,109,110)/t62-,63+,65?,72+/m1/s1. The van der Waals surface area contributed by atoms with Crippen LogP contribution in [0.1, 0.15) is 133 Å². The van der Waals surface area contributed by atoms with Crippen LogP contribution in [0.15, 0.2) is 82.9 Å². The Hall–Kier alpha value is -10.1. The summed E-state index contributed by atoms with van der Waals surface area (Å²) in [4.78, 5) is 153. The number of nitrogens with two attached hydrogens (primary N) is 2. The highest BCUT2D eigenvalue weighted by Crippen LogP contribution is 2.27. The first kappa shape index (κ1) is 98.5. The number of aliphatic imine (C=N–C) groups is 1. The van der Waals surface area contributed by atoms with E-state index in [0.29, 0.717) is 61.3 Å². The van der Waals surface area contributed by atoms with Crippen LogP contribution in [0.5, 0.6) is 0 Å². The number of primary amides is 1. The van der Waals surface area contributed by atoms with Crippen molar-refractivity contribution in [1.29, 1.82) is 0 Å². The predicted octanol–water partition coefficient (Wildman–Crippen LogP) is 0.884. The van der Waals surface area contributed by atoms with E-state index in [2.05, 4.69) is 69.8 Å². The lowest BCUT2D eigenvalue weighted by Crippen LogP contribution is -2.57. The van der Waals surface area contributed by atoms with Gasteiger partial charge in [-0.15, -0.1) is 0 Å². The minimum absolute atomic E-state index is 0.00338. The fourth-order valence-corrected chi connectivity index (χ4v) is 12.5. The fourth-order valence-electron chi connectivity index (χ4n) is 11.8. The number of para-hydroxylation sites is 1. The number of carbonyl (C=O) groups is 11. The summed E-state index contributed by atoms with van der Waals surface area (Å²) in [5, 5.41) is 27.7. The van der Waals surface area contributed by atoms with Crippen LogP contribution in [0, 0.1) is 23.7 Å². The molecule has 15 N–H and O–H groups in total. The number of hydrogen-bond donors (Lipinski definition) is 13. The van der Waals surface area contributed by atoms with Gasteiger partial charge in [0.2, 0.25) is 53.2 Å². The van der Waals surface area contributed by atoms with E-state index in [4.69, 9.17) is 49.1 Å². The van der Waals surface area contributed by atoms with Crippen LogP contribution in [0.4, 0.5) is 16.2 Å². The molecule has 0 saturated heterocycles. The zero-order valence-electron chi connectivity index (χ0n) is 67.4. The number of anilines is 2. The Morgan fingerprint density at radius 2 is 1.18 bits per heavy atom. The number of fused-ring (bicyclic) bond motifs is 2. The molecule has 3 aromatic rings. The molecule has 1 aliphatic carbocycles. The first-order valence-corrected chi connectivity index (χ1v) is 42.5. The van der Waals surface area contributed by atoms with Crippen LogP contribution >= 0.6 is 0 Å². The quantitative estimate of drug-likeness (QED) is 0.00932. The van der Waals surface area contributed by atoms with Crippen LogP contribution < -0.4 is 64.3 Å². The van der Waals surface area contributed by atoms with Gasteiger partial charge < -0.3 is 92.7 Å². The van der Waals surface area contributed by atoms with E-state index in [-0.39, 0.29) is 167 Å². The van der Waals surface area contributed by atoms with Crippen molar-refractivity contribution in [2.24, 2.45) is 33.5 Å². The van der Waals surface area contributed by atoms with E-state index in [1.54, 1.807) is 56.9 Å². The second-order valence-electron chi connectivity index (χ2n) is 28.3. The Bertz CT molecular complexity index is 4090. The van der Waals surface area contributed by atoms with Crippen molar-refractivity contribution in [2.75, 3.05) is 140 Å². The van der Waals surface area contributed by atoms with Crippen LogP contribution in [-0.2, 0) is 110 Å². The summed E-state index contributed by atoms with van der Waals surface area (Å²) in [5.41, 5.74) is 10.2. The van der Waals surface area contributed by atoms with Crippen molar-refractivity contribution >= 4 is 108 Å². The third kappa shape index (κ3) is 40.9. The van der Waals surface area contributed by atoms with Crippen molar-refractivity contribution in [3.63, 3.8) is 0 Å². The second-order valence-corrected chi connectivity index (χ2v) is 31.5. The Morgan fingerprint density at radius 1 is 0.593 bits per heavy atom. The number of hydrazone groups is 1. The smallest absolute Gasteiger partial charge is 0.312 e. The molecule has 1 fully saturated rings. The number of nitrogens with one attached hydrogen (secondary N) is 9. The lowest BCUT2D eigenvalue weighted by atomic mass is 9.95. The molecule has 1 aliphatic heterocycles. The molecule has 40 heteroatoms. The van der Waals surface area contributed by atoms with E-state index in [1.165, 1.54) is 4.90 Å². The van der Waals surface area contributed by atoms with E-state index in [9.17, 15) is 69.6 Å². The Balaban J connectivity index is 1.11. The largest absolute Gasteiger partial charge is 0.461 e. The molecule has 2 aliphatic rings. The molecule has 5 rings (SSSR count). The van der Waals surface area contributed by atoms with Gasteiger partial charge >= 0.3 is 12.0 Å². The highest BCUT2D eigenvalue weighted by atomic mass is 32.2. The number of benzene rings is 3. The van der Waals surface area contributed by atoms with Gasteiger partial charge in [-0.05, 0) is 98.7 Å². The molecular formula is C78H115N15O23S2. The highest BCUT2D eigenvalue weighted by Gasteiger charge is 2.33.